The first-order chi connectivity index (χ1) is 15.8. The van der Waals surface area contributed by atoms with Crippen molar-refractivity contribution in [3.8, 4) is 0 Å². The van der Waals surface area contributed by atoms with E-state index in [-0.39, 0.29) is 22.6 Å². The molecule has 2 fully saturated rings. The van der Waals surface area contributed by atoms with Crippen LogP contribution < -0.4 is 10.6 Å². The Kier molecular flexibility index (Phi) is 9.25. The molecule has 10 heteroatoms. The van der Waals surface area contributed by atoms with Gasteiger partial charge in [0.2, 0.25) is 21.8 Å². The average Bonchev–Trinajstić information content (AvgIpc) is 2.80. The van der Waals surface area contributed by atoms with Crippen molar-refractivity contribution >= 4 is 27.5 Å². The number of nitrogens with one attached hydrogen (secondary N) is 2. The fraction of sp³-hybridized carbons (Fsp3) is 0.652. The molecule has 0 unspecified atom stereocenters. The second-order valence-corrected chi connectivity index (χ2v) is 10.8. The summed E-state index contributed by atoms with van der Waals surface area (Å²) in [6.07, 6.45) is 1.80. The van der Waals surface area contributed by atoms with Crippen LogP contribution >= 0.6 is 0 Å². The van der Waals surface area contributed by atoms with E-state index in [1.54, 1.807) is 12.1 Å². The molecule has 0 atom stereocenters. The van der Waals surface area contributed by atoms with Gasteiger partial charge in [0.05, 0.1) is 4.90 Å². The molecule has 2 aliphatic heterocycles. The van der Waals surface area contributed by atoms with Gasteiger partial charge in [0.15, 0.2) is 0 Å². The zero-order chi connectivity index (χ0) is 23.8. The van der Waals surface area contributed by atoms with Crippen LogP contribution in [0.5, 0.6) is 0 Å². The van der Waals surface area contributed by atoms with Gasteiger partial charge in [-0.05, 0) is 49.6 Å². The standard InChI is InChI=1S/C23H37N5O4S/c1-3-26-14-16-27(17-15-26)13-10-24-23(30)18-20-8-11-28(12-9-20)33(31,32)22-6-4-21(5-7-22)25-19(2)29/h4-7,20H,3,8-18H2,1-2H3,(H,24,30)(H,25,29). The Hall–Kier alpha value is -2.01. The van der Waals surface area contributed by atoms with Crippen LogP contribution in [0.3, 0.4) is 0 Å². The van der Waals surface area contributed by atoms with Crippen LogP contribution in [0.25, 0.3) is 0 Å². The molecule has 0 radical (unpaired) electrons. The first-order valence-electron chi connectivity index (χ1n) is 11.9. The second-order valence-electron chi connectivity index (χ2n) is 8.88. The molecule has 2 saturated heterocycles. The minimum atomic E-state index is -3.58. The number of hydrogen-bond donors (Lipinski definition) is 2. The van der Waals surface area contributed by atoms with Crippen molar-refractivity contribution in [2.45, 2.75) is 38.0 Å². The molecule has 2 heterocycles. The summed E-state index contributed by atoms with van der Waals surface area (Å²) < 4.78 is 27.4. The normalized spacial score (nSPS) is 19.3. The van der Waals surface area contributed by atoms with E-state index in [0.717, 1.165) is 39.3 Å². The lowest BCUT2D eigenvalue weighted by molar-refractivity contribution is -0.122. The van der Waals surface area contributed by atoms with Crippen LogP contribution in [0.15, 0.2) is 29.2 Å². The van der Waals surface area contributed by atoms with Crippen molar-refractivity contribution in [3.05, 3.63) is 24.3 Å². The fourth-order valence-corrected chi connectivity index (χ4v) is 5.90. The molecule has 0 aliphatic carbocycles. The van der Waals surface area contributed by atoms with Crippen LogP contribution in [0.1, 0.15) is 33.1 Å². The molecule has 2 N–H and O–H groups in total. The summed E-state index contributed by atoms with van der Waals surface area (Å²) in [4.78, 5) is 28.5. The van der Waals surface area contributed by atoms with Crippen molar-refractivity contribution in [1.29, 1.82) is 0 Å². The van der Waals surface area contributed by atoms with Crippen LogP contribution in [0, 0.1) is 5.92 Å². The number of carbonyl (C=O) groups excluding carboxylic acids is 2. The molecule has 33 heavy (non-hydrogen) atoms. The summed E-state index contributed by atoms with van der Waals surface area (Å²) in [6, 6.07) is 6.22. The summed E-state index contributed by atoms with van der Waals surface area (Å²) in [6.45, 7) is 11.3. The predicted molar refractivity (Wildman–Crippen MR) is 128 cm³/mol. The third-order valence-corrected chi connectivity index (χ3v) is 8.44. The van der Waals surface area contributed by atoms with Gasteiger partial charge in [0, 0.05) is 71.4 Å². The number of anilines is 1. The van der Waals surface area contributed by atoms with Crippen molar-refractivity contribution in [2.75, 3.05) is 64.2 Å². The molecule has 0 spiro atoms. The summed E-state index contributed by atoms with van der Waals surface area (Å²) >= 11 is 0. The first-order valence-corrected chi connectivity index (χ1v) is 13.3. The molecule has 1 aromatic rings. The van der Waals surface area contributed by atoms with Gasteiger partial charge in [-0.2, -0.15) is 4.31 Å². The van der Waals surface area contributed by atoms with E-state index in [1.807, 2.05) is 0 Å². The summed E-state index contributed by atoms with van der Waals surface area (Å²) in [5.41, 5.74) is 0.564. The number of rotatable bonds is 9. The van der Waals surface area contributed by atoms with Crippen molar-refractivity contribution in [2.24, 2.45) is 5.92 Å². The number of piperidine rings is 1. The van der Waals surface area contributed by atoms with Crippen molar-refractivity contribution in [3.63, 3.8) is 0 Å². The van der Waals surface area contributed by atoms with Crippen molar-refractivity contribution < 1.29 is 18.0 Å². The smallest absolute Gasteiger partial charge is 0.243 e. The zero-order valence-corrected chi connectivity index (χ0v) is 20.6. The zero-order valence-electron chi connectivity index (χ0n) is 19.8. The largest absolute Gasteiger partial charge is 0.355 e. The maximum absolute atomic E-state index is 12.9. The van der Waals surface area contributed by atoms with Gasteiger partial charge in [-0.15, -0.1) is 0 Å². The highest BCUT2D eigenvalue weighted by Gasteiger charge is 2.30. The number of likely N-dealkylation sites (N-methyl/N-ethyl adjacent to an activating group) is 1. The number of benzene rings is 1. The topological polar surface area (TPSA) is 102 Å². The van der Waals surface area contributed by atoms with Gasteiger partial charge in [-0.3, -0.25) is 14.5 Å². The number of nitrogens with zero attached hydrogens (tertiary/aromatic N) is 3. The van der Waals surface area contributed by atoms with E-state index >= 15 is 0 Å². The molecule has 2 amide bonds. The lowest BCUT2D eigenvalue weighted by atomic mass is 9.94. The third-order valence-electron chi connectivity index (χ3n) is 6.52. The van der Waals surface area contributed by atoms with Gasteiger partial charge < -0.3 is 15.5 Å². The summed E-state index contributed by atoms with van der Waals surface area (Å²) in [5, 5.41) is 5.67. The Morgan fingerprint density at radius 1 is 0.970 bits per heavy atom. The molecule has 184 valence electrons. The molecule has 0 aromatic heterocycles. The lowest BCUT2D eigenvalue weighted by Crippen LogP contribution is -2.48. The Balaban J connectivity index is 1.38. The number of carbonyl (C=O) groups is 2. The SMILES string of the molecule is CCN1CCN(CCNC(=O)CC2CCN(S(=O)(=O)c3ccc(NC(C)=O)cc3)CC2)CC1. The third kappa shape index (κ3) is 7.49. The van der Waals surface area contributed by atoms with Gasteiger partial charge in [-0.1, -0.05) is 6.92 Å². The number of hydrogen-bond acceptors (Lipinski definition) is 6. The quantitative estimate of drug-likeness (QED) is 0.552. The van der Waals surface area contributed by atoms with E-state index in [1.165, 1.54) is 23.4 Å². The minimum Gasteiger partial charge on any atom is -0.355 e. The molecular weight excluding hydrogens is 442 g/mol. The highest BCUT2D eigenvalue weighted by atomic mass is 32.2. The molecule has 9 nitrogen and oxygen atoms in total. The molecular formula is C23H37N5O4S. The molecule has 0 bridgehead atoms. The van der Waals surface area contributed by atoms with E-state index < -0.39 is 10.0 Å². The van der Waals surface area contributed by atoms with Gasteiger partial charge >= 0.3 is 0 Å². The maximum Gasteiger partial charge on any atom is 0.243 e. The lowest BCUT2D eigenvalue weighted by Gasteiger charge is -2.34. The fourth-order valence-electron chi connectivity index (χ4n) is 4.43. The molecule has 1 aromatic carbocycles. The van der Waals surface area contributed by atoms with Crippen LogP contribution in [-0.4, -0.2) is 93.2 Å². The van der Waals surface area contributed by atoms with Crippen LogP contribution in [-0.2, 0) is 19.6 Å². The predicted octanol–water partition coefficient (Wildman–Crippen LogP) is 1.19. The van der Waals surface area contributed by atoms with E-state index in [0.29, 0.717) is 44.6 Å². The molecule has 0 saturated carbocycles. The monoisotopic (exact) mass is 479 g/mol. The summed E-state index contributed by atoms with van der Waals surface area (Å²) in [5.74, 6) is 0.0512. The Labute approximate surface area is 197 Å². The Bertz CT molecular complexity index is 890. The first kappa shape index (κ1) is 25.6. The maximum atomic E-state index is 12.9. The summed E-state index contributed by atoms with van der Waals surface area (Å²) in [7, 11) is -3.58. The highest BCUT2D eigenvalue weighted by molar-refractivity contribution is 7.89. The van der Waals surface area contributed by atoms with Crippen LogP contribution in [0.4, 0.5) is 5.69 Å². The highest BCUT2D eigenvalue weighted by Crippen LogP contribution is 2.26. The minimum absolute atomic E-state index is 0.0528. The van der Waals surface area contributed by atoms with E-state index in [2.05, 4.69) is 27.4 Å². The van der Waals surface area contributed by atoms with Gasteiger partial charge in [0.25, 0.3) is 0 Å². The Morgan fingerprint density at radius 3 is 2.15 bits per heavy atom. The number of amides is 2. The molecule has 3 rings (SSSR count). The van der Waals surface area contributed by atoms with E-state index in [4.69, 9.17) is 0 Å². The number of piperazine rings is 1. The van der Waals surface area contributed by atoms with Gasteiger partial charge in [0.1, 0.15) is 0 Å². The van der Waals surface area contributed by atoms with E-state index in [9.17, 15) is 18.0 Å². The Morgan fingerprint density at radius 2 is 1.58 bits per heavy atom. The van der Waals surface area contributed by atoms with Crippen molar-refractivity contribution in [1.82, 2.24) is 19.4 Å². The van der Waals surface area contributed by atoms with Crippen LogP contribution in [0.2, 0.25) is 0 Å². The molecule has 2 aliphatic rings. The second kappa shape index (κ2) is 11.9. The van der Waals surface area contributed by atoms with Gasteiger partial charge in [-0.25, -0.2) is 8.42 Å². The number of sulfonamides is 1. The average molecular weight is 480 g/mol.